The van der Waals surface area contributed by atoms with Crippen molar-refractivity contribution in [2.75, 3.05) is 6.54 Å². The van der Waals surface area contributed by atoms with Crippen LogP contribution in [0.2, 0.25) is 0 Å². The number of carbonyl (C=O) groups is 1. The summed E-state index contributed by atoms with van der Waals surface area (Å²) < 4.78 is 0. The molecule has 16 heavy (non-hydrogen) atoms. The number of nitrogens with one attached hydrogen (secondary N) is 1. The van der Waals surface area contributed by atoms with Crippen molar-refractivity contribution in [3.8, 4) is 0 Å². The zero-order valence-corrected chi connectivity index (χ0v) is 10.1. The highest BCUT2D eigenvalue weighted by Gasteiger charge is 2.31. The summed E-state index contributed by atoms with van der Waals surface area (Å²) in [6.45, 7) is 1.29. The summed E-state index contributed by atoms with van der Waals surface area (Å²) in [6, 6.07) is 4.05. The summed E-state index contributed by atoms with van der Waals surface area (Å²) in [5, 5.41) is 5.03. The lowest BCUT2D eigenvalue weighted by atomic mass is 9.95. The van der Waals surface area contributed by atoms with Gasteiger partial charge in [0.2, 0.25) is 5.91 Å². The number of hydrogen-bond donors (Lipinski definition) is 2. The van der Waals surface area contributed by atoms with Gasteiger partial charge >= 0.3 is 0 Å². The first-order valence-electron chi connectivity index (χ1n) is 5.81. The van der Waals surface area contributed by atoms with Gasteiger partial charge in [-0.1, -0.05) is 12.5 Å². The van der Waals surface area contributed by atoms with E-state index < -0.39 is 0 Å². The Morgan fingerprint density at radius 2 is 2.44 bits per heavy atom. The normalized spacial score (nSPS) is 24.6. The average molecular weight is 238 g/mol. The molecule has 88 valence electrons. The predicted octanol–water partition coefficient (Wildman–Crippen LogP) is 1.74. The quantitative estimate of drug-likeness (QED) is 0.839. The minimum absolute atomic E-state index is 0.143. The Labute approximate surface area is 100 Å². The molecule has 4 heteroatoms. The maximum Gasteiger partial charge on any atom is 0.223 e. The Kier molecular flexibility index (Phi) is 3.96. The summed E-state index contributed by atoms with van der Waals surface area (Å²) >= 11 is 1.67. The summed E-state index contributed by atoms with van der Waals surface area (Å²) in [7, 11) is 0. The molecule has 2 atom stereocenters. The van der Waals surface area contributed by atoms with Gasteiger partial charge in [-0.3, -0.25) is 4.79 Å². The Morgan fingerprint density at radius 3 is 3.12 bits per heavy atom. The van der Waals surface area contributed by atoms with Gasteiger partial charge in [-0.15, -0.1) is 11.3 Å². The van der Waals surface area contributed by atoms with E-state index in [0.29, 0.717) is 19.0 Å². The van der Waals surface area contributed by atoms with Crippen LogP contribution in [-0.2, 0) is 11.3 Å². The second-order valence-corrected chi connectivity index (χ2v) is 5.36. The Morgan fingerprint density at radius 1 is 1.56 bits per heavy atom. The number of rotatable bonds is 4. The number of amides is 1. The van der Waals surface area contributed by atoms with Crippen molar-refractivity contribution in [2.24, 2.45) is 17.6 Å². The highest BCUT2D eigenvalue weighted by atomic mass is 32.1. The fourth-order valence-corrected chi connectivity index (χ4v) is 3.03. The van der Waals surface area contributed by atoms with Gasteiger partial charge in [-0.25, -0.2) is 0 Å². The molecule has 1 fully saturated rings. The molecule has 2 rings (SSSR count). The predicted molar refractivity (Wildman–Crippen MR) is 66.1 cm³/mol. The van der Waals surface area contributed by atoms with E-state index in [9.17, 15) is 4.79 Å². The highest BCUT2D eigenvalue weighted by molar-refractivity contribution is 7.09. The molecule has 1 aliphatic rings. The molecular weight excluding hydrogens is 220 g/mol. The van der Waals surface area contributed by atoms with Gasteiger partial charge in [-0.05, 0) is 36.8 Å². The van der Waals surface area contributed by atoms with Gasteiger partial charge in [0.1, 0.15) is 0 Å². The monoisotopic (exact) mass is 238 g/mol. The largest absolute Gasteiger partial charge is 0.351 e. The molecule has 2 unspecified atom stereocenters. The average Bonchev–Trinajstić information content (AvgIpc) is 2.96. The van der Waals surface area contributed by atoms with E-state index in [-0.39, 0.29) is 11.8 Å². The van der Waals surface area contributed by atoms with Gasteiger partial charge in [-0.2, -0.15) is 0 Å². The summed E-state index contributed by atoms with van der Waals surface area (Å²) in [5.74, 6) is 0.717. The van der Waals surface area contributed by atoms with Crippen molar-refractivity contribution >= 4 is 17.2 Å². The maximum absolute atomic E-state index is 11.9. The topological polar surface area (TPSA) is 55.1 Å². The maximum atomic E-state index is 11.9. The molecule has 0 bridgehead atoms. The number of hydrogen-bond acceptors (Lipinski definition) is 3. The van der Waals surface area contributed by atoms with Gasteiger partial charge in [0.25, 0.3) is 0 Å². The van der Waals surface area contributed by atoms with Gasteiger partial charge < -0.3 is 11.1 Å². The van der Waals surface area contributed by atoms with Crippen LogP contribution in [0.4, 0.5) is 0 Å². The van der Waals surface area contributed by atoms with Crippen LogP contribution in [0, 0.1) is 11.8 Å². The van der Waals surface area contributed by atoms with Crippen molar-refractivity contribution in [1.82, 2.24) is 5.32 Å². The summed E-state index contributed by atoms with van der Waals surface area (Å²) in [6.07, 6.45) is 3.24. The van der Waals surface area contributed by atoms with E-state index in [2.05, 4.69) is 5.32 Å². The van der Waals surface area contributed by atoms with Crippen molar-refractivity contribution < 1.29 is 4.79 Å². The number of carbonyl (C=O) groups excluding carboxylic acids is 1. The Hall–Kier alpha value is -0.870. The third-order valence-corrected chi connectivity index (χ3v) is 4.19. The molecule has 1 aromatic heterocycles. The Balaban J connectivity index is 1.83. The van der Waals surface area contributed by atoms with Crippen LogP contribution in [-0.4, -0.2) is 12.5 Å². The summed E-state index contributed by atoms with van der Waals surface area (Å²) in [5.41, 5.74) is 5.67. The van der Waals surface area contributed by atoms with Crippen molar-refractivity contribution in [3.05, 3.63) is 22.4 Å². The zero-order valence-electron chi connectivity index (χ0n) is 9.32. The van der Waals surface area contributed by atoms with Crippen LogP contribution in [0.25, 0.3) is 0 Å². The molecule has 1 amide bonds. The van der Waals surface area contributed by atoms with E-state index in [1.165, 1.54) is 4.88 Å². The first-order valence-corrected chi connectivity index (χ1v) is 6.69. The molecule has 0 spiro atoms. The van der Waals surface area contributed by atoms with E-state index in [4.69, 9.17) is 5.73 Å². The van der Waals surface area contributed by atoms with Gasteiger partial charge in [0, 0.05) is 10.8 Å². The molecule has 1 aromatic rings. The second-order valence-electron chi connectivity index (χ2n) is 4.33. The standard InChI is InChI=1S/C12H18N2OS/c13-7-9-3-1-5-11(9)12(15)14-8-10-4-2-6-16-10/h2,4,6,9,11H,1,3,5,7-8,13H2,(H,14,15). The van der Waals surface area contributed by atoms with Crippen LogP contribution >= 0.6 is 11.3 Å². The minimum Gasteiger partial charge on any atom is -0.351 e. The first-order chi connectivity index (χ1) is 7.81. The van der Waals surface area contributed by atoms with Crippen LogP contribution in [0.15, 0.2) is 17.5 Å². The lowest BCUT2D eigenvalue weighted by Crippen LogP contribution is -2.34. The Bertz CT molecular complexity index is 337. The van der Waals surface area contributed by atoms with Crippen LogP contribution in [0.1, 0.15) is 24.1 Å². The van der Waals surface area contributed by atoms with E-state index in [1.54, 1.807) is 11.3 Å². The van der Waals surface area contributed by atoms with Crippen LogP contribution < -0.4 is 11.1 Å². The van der Waals surface area contributed by atoms with Crippen LogP contribution in [0.5, 0.6) is 0 Å². The second kappa shape index (κ2) is 5.46. The van der Waals surface area contributed by atoms with Gasteiger partial charge in [0.15, 0.2) is 0 Å². The molecule has 0 radical (unpaired) electrons. The van der Waals surface area contributed by atoms with Crippen molar-refractivity contribution in [3.63, 3.8) is 0 Å². The molecule has 1 saturated carbocycles. The molecular formula is C12H18N2OS. The molecule has 0 aliphatic heterocycles. The fourth-order valence-electron chi connectivity index (χ4n) is 2.38. The molecule has 0 aromatic carbocycles. The lowest BCUT2D eigenvalue weighted by Gasteiger charge is -2.16. The third kappa shape index (κ3) is 2.62. The fraction of sp³-hybridized carbons (Fsp3) is 0.583. The SMILES string of the molecule is NCC1CCCC1C(=O)NCc1cccs1. The molecule has 0 saturated heterocycles. The van der Waals surface area contributed by atoms with Crippen LogP contribution in [0.3, 0.4) is 0 Å². The lowest BCUT2D eigenvalue weighted by molar-refractivity contribution is -0.126. The number of nitrogens with two attached hydrogens (primary N) is 1. The van der Waals surface area contributed by atoms with Crippen molar-refractivity contribution in [2.45, 2.75) is 25.8 Å². The highest BCUT2D eigenvalue weighted by Crippen LogP contribution is 2.31. The molecule has 1 aliphatic carbocycles. The van der Waals surface area contributed by atoms with Crippen molar-refractivity contribution in [1.29, 1.82) is 0 Å². The molecule has 3 N–H and O–H groups in total. The number of thiophene rings is 1. The third-order valence-electron chi connectivity index (χ3n) is 3.32. The smallest absolute Gasteiger partial charge is 0.223 e. The van der Waals surface area contributed by atoms with E-state index in [0.717, 1.165) is 19.3 Å². The van der Waals surface area contributed by atoms with E-state index >= 15 is 0 Å². The van der Waals surface area contributed by atoms with E-state index in [1.807, 2.05) is 17.5 Å². The zero-order chi connectivity index (χ0) is 11.4. The minimum atomic E-state index is 0.143. The first kappa shape index (κ1) is 11.6. The van der Waals surface area contributed by atoms with Gasteiger partial charge in [0.05, 0.1) is 6.54 Å². The molecule has 1 heterocycles. The summed E-state index contributed by atoms with van der Waals surface area (Å²) in [4.78, 5) is 13.2. The molecule has 3 nitrogen and oxygen atoms in total.